The molecule has 2 aliphatic heterocycles. The average molecular weight is 198 g/mol. The largest absolute Gasteiger partial charge is 0.380 e. The Balaban J connectivity index is 1.79. The lowest BCUT2D eigenvalue weighted by atomic mass is 10.0. The van der Waals surface area contributed by atoms with Crippen molar-refractivity contribution in [3.8, 4) is 0 Å². The molecule has 0 bridgehead atoms. The van der Waals surface area contributed by atoms with Crippen LogP contribution in [0.2, 0.25) is 0 Å². The molecular formula is C11H22N2O. The molecule has 0 aliphatic carbocycles. The molecule has 82 valence electrons. The standard InChI is InChI=1S/C11H22N2O/c1-12-6-3-10(4-7-12)13-8-5-11(9-13)14-2/h10-11H,3-9H2,1-2H3. The van der Waals surface area contributed by atoms with Gasteiger partial charge in [0.1, 0.15) is 0 Å². The molecule has 0 spiro atoms. The summed E-state index contributed by atoms with van der Waals surface area (Å²) in [5, 5.41) is 0. The van der Waals surface area contributed by atoms with Crippen molar-refractivity contribution in [1.82, 2.24) is 9.80 Å². The van der Waals surface area contributed by atoms with Crippen LogP contribution in [0.15, 0.2) is 0 Å². The van der Waals surface area contributed by atoms with Gasteiger partial charge in [-0.15, -0.1) is 0 Å². The Hall–Kier alpha value is -0.120. The SMILES string of the molecule is COC1CCN(C2CCN(C)CC2)C1. The van der Waals surface area contributed by atoms with E-state index in [0.717, 1.165) is 12.6 Å². The van der Waals surface area contributed by atoms with Crippen LogP contribution in [0.1, 0.15) is 19.3 Å². The van der Waals surface area contributed by atoms with Gasteiger partial charge >= 0.3 is 0 Å². The predicted molar refractivity (Wildman–Crippen MR) is 57.5 cm³/mol. The third-order valence-corrected chi connectivity index (χ3v) is 3.71. The number of piperidine rings is 1. The van der Waals surface area contributed by atoms with Gasteiger partial charge in [-0.3, -0.25) is 4.90 Å². The number of hydrogen-bond acceptors (Lipinski definition) is 3. The molecule has 14 heavy (non-hydrogen) atoms. The fourth-order valence-corrected chi connectivity index (χ4v) is 2.64. The maximum Gasteiger partial charge on any atom is 0.0710 e. The number of ether oxygens (including phenoxy) is 1. The first-order valence-corrected chi connectivity index (χ1v) is 5.75. The van der Waals surface area contributed by atoms with Gasteiger partial charge in [-0.25, -0.2) is 0 Å². The van der Waals surface area contributed by atoms with Gasteiger partial charge in [0, 0.05) is 26.2 Å². The lowest BCUT2D eigenvalue weighted by Crippen LogP contribution is -2.43. The van der Waals surface area contributed by atoms with Crippen molar-refractivity contribution in [3.63, 3.8) is 0 Å². The monoisotopic (exact) mass is 198 g/mol. The van der Waals surface area contributed by atoms with Crippen molar-refractivity contribution in [2.45, 2.75) is 31.4 Å². The molecule has 2 heterocycles. The normalized spacial score (nSPS) is 32.6. The van der Waals surface area contributed by atoms with Crippen LogP contribution in [0.5, 0.6) is 0 Å². The first-order valence-electron chi connectivity index (χ1n) is 5.75. The molecule has 0 amide bonds. The molecule has 0 aromatic rings. The predicted octanol–water partition coefficient (Wildman–Crippen LogP) is 0.801. The van der Waals surface area contributed by atoms with Gasteiger partial charge in [0.15, 0.2) is 0 Å². The Labute approximate surface area is 87.0 Å². The van der Waals surface area contributed by atoms with Crippen LogP contribution in [-0.2, 0) is 4.74 Å². The molecule has 0 radical (unpaired) electrons. The van der Waals surface area contributed by atoms with Gasteiger partial charge in [0.25, 0.3) is 0 Å². The number of hydrogen-bond donors (Lipinski definition) is 0. The minimum Gasteiger partial charge on any atom is -0.380 e. The van der Waals surface area contributed by atoms with Crippen molar-refractivity contribution in [1.29, 1.82) is 0 Å². The molecule has 2 fully saturated rings. The van der Waals surface area contributed by atoms with Gasteiger partial charge in [0.05, 0.1) is 6.10 Å². The summed E-state index contributed by atoms with van der Waals surface area (Å²) >= 11 is 0. The van der Waals surface area contributed by atoms with Gasteiger partial charge in [-0.1, -0.05) is 0 Å². The van der Waals surface area contributed by atoms with Crippen LogP contribution >= 0.6 is 0 Å². The maximum absolute atomic E-state index is 5.40. The summed E-state index contributed by atoms with van der Waals surface area (Å²) in [4.78, 5) is 5.06. The molecule has 0 N–H and O–H groups in total. The zero-order valence-corrected chi connectivity index (χ0v) is 9.41. The van der Waals surface area contributed by atoms with Gasteiger partial charge in [-0.2, -0.15) is 0 Å². The summed E-state index contributed by atoms with van der Waals surface area (Å²) in [5.41, 5.74) is 0. The van der Waals surface area contributed by atoms with Gasteiger partial charge < -0.3 is 9.64 Å². The highest BCUT2D eigenvalue weighted by Crippen LogP contribution is 2.21. The second-order valence-corrected chi connectivity index (χ2v) is 4.68. The van der Waals surface area contributed by atoms with Crippen LogP contribution < -0.4 is 0 Å². The minimum atomic E-state index is 0.495. The maximum atomic E-state index is 5.40. The highest BCUT2D eigenvalue weighted by molar-refractivity contribution is 4.85. The zero-order valence-electron chi connectivity index (χ0n) is 9.41. The lowest BCUT2D eigenvalue weighted by Gasteiger charge is -2.34. The molecule has 0 aromatic carbocycles. The van der Waals surface area contributed by atoms with Crippen molar-refractivity contribution in [3.05, 3.63) is 0 Å². The van der Waals surface area contributed by atoms with Gasteiger partial charge in [0.2, 0.25) is 0 Å². The summed E-state index contributed by atoms with van der Waals surface area (Å²) in [6.45, 7) is 4.93. The third kappa shape index (κ3) is 2.27. The summed E-state index contributed by atoms with van der Waals surface area (Å²) in [6.07, 6.45) is 4.40. The molecule has 3 heteroatoms. The molecule has 1 atom stereocenters. The minimum absolute atomic E-state index is 0.495. The summed E-state index contributed by atoms with van der Waals surface area (Å²) in [6, 6.07) is 0.825. The van der Waals surface area contributed by atoms with E-state index in [-0.39, 0.29) is 0 Å². The molecular weight excluding hydrogens is 176 g/mol. The lowest BCUT2D eigenvalue weighted by molar-refractivity contribution is 0.0881. The highest BCUT2D eigenvalue weighted by atomic mass is 16.5. The van der Waals surface area contributed by atoms with Gasteiger partial charge in [-0.05, 0) is 39.4 Å². The Morgan fingerprint density at radius 1 is 1.07 bits per heavy atom. The quantitative estimate of drug-likeness (QED) is 0.653. The fraction of sp³-hybridized carbons (Fsp3) is 1.00. The van der Waals surface area contributed by atoms with E-state index in [1.807, 2.05) is 7.11 Å². The van der Waals surface area contributed by atoms with E-state index in [0.29, 0.717) is 6.10 Å². The third-order valence-electron chi connectivity index (χ3n) is 3.71. The van der Waals surface area contributed by atoms with E-state index < -0.39 is 0 Å². The fourth-order valence-electron chi connectivity index (χ4n) is 2.64. The summed E-state index contributed by atoms with van der Waals surface area (Å²) in [7, 11) is 4.06. The van der Waals surface area contributed by atoms with E-state index in [2.05, 4.69) is 16.8 Å². The Morgan fingerprint density at radius 2 is 1.79 bits per heavy atom. The summed E-state index contributed by atoms with van der Waals surface area (Å²) < 4.78 is 5.40. The Kier molecular flexibility index (Phi) is 3.42. The van der Waals surface area contributed by atoms with E-state index in [1.165, 1.54) is 38.9 Å². The average Bonchev–Trinajstić information content (AvgIpc) is 2.67. The van der Waals surface area contributed by atoms with Crippen LogP contribution in [-0.4, -0.2) is 62.3 Å². The molecule has 0 aromatic heterocycles. The van der Waals surface area contributed by atoms with Crippen LogP contribution in [0.25, 0.3) is 0 Å². The van der Waals surface area contributed by atoms with Crippen molar-refractivity contribution >= 4 is 0 Å². The number of methoxy groups -OCH3 is 1. The van der Waals surface area contributed by atoms with Crippen LogP contribution in [0, 0.1) is 0 Å². The van der Waals surface area contributed by atoms with E-state index in [4.69, 9.17) is 4.74 Å². The Morgan fingerprint density at radius 3 is 2.36 bits per heavy atom. The molecule has 0 saturated carbocycles. The van der Waals surface area contributed by atoms with Crippen molar-refractivity contribution in [2.24, 2.45) is 0 Å². The summed E-state index contributed by atoms with van der Waals surface area (Å²) in [5.74, 6) is 0. The molecule has 1 unspecified atom stereocenters. The number of likely N-dealkylation sites (tertiary alicyclic amines) is 2. The van der Waals surface area contributed by atoms with Crippen molar-refractivity contribution < 1.29 is 4.74 Å². The van der Waals surface area contributed by atoms with E-state index in [9.17, 15) is 0 Å². The van der Waals surface area contributed by atoms with E-state index in [1.54, 1.807) is 0 Å². The zero-order chi connectivity index (χ0) is 9.97. The van der Waals surface area contributed by atoms with Crippen molar-refractivity contribution in [2.75, 3.05) is 40.3 Å². The first-order chi connectivity index (χ1) is 6.79. The molecule has 2 rings (SSSR count). The molecule has 2 saturated heterocycles. The smallest absolute Gasteiger partial charge is 0.0710 e. The second-order valence-electron chi connectivity index (χ2n) is 4.68. The highest BCUT2D eigenvalue weighted by Gasteiger charge is 2.29. The first kappa shape index (κ1) is 10.4. The topological polar surface area (TPSA) is 15.7 Å². The molecule has 3 nitrogen and oxygen atoms in total. The number of nitrogens with zero attached hydrogens (tertiary/aromatic N) is 2. The number of rotatable bonds is 2. The van der Waals surface area contributed by atoms with E-state index >= 15 is 0 Å². The molecule has 2 aliphatic rings. The second kappa shape index (κ2) is 4.60. The van der Waals surface area contributed by atoms with Crippen LogP contribution in [0.4, 0.5) is 0 Å². The Bertz CT molecular complexity index is 178. The van der Waals surface area contributed by atoms with Crippen LogP contribution in [0.3, 0.4) is 0 Å².